The summed E-state index contributed by atoms with van der Waals surface area (Å²) in [7, 11) is 0. The molecule has 0 bridgehead atoms. The fourth-order valence-corrected chi connectivity index (χ4v) is 2.76. The van der Waals surface area contributed by atoms with Gasteiger partial charge in [-0.05, 0) is 26.3 Å². The van der Waals surface area contributed by atoms with E-state index in [2.05, 4.69) is 5.16 Å². The van der Waals surface area contributed by atoms with Crippen LogP contribution in [0.4, 0.5) is 13.2 Å². The van der Waals surface area contributed by atoms with Crippen molar-refractivity contribution >= 4 is 5.91 Å². The number of carbonyl (C=O) groups is 1. The lowest BCUT2D eigenvalue weighted by molar-refractivity contribution is -0.164. The highest BCUT2D eigenvalue weighted by atomic mass is 19.4. The van der Waals surface area contributed by atoms with Crippen LogP contribution in [-0.4, -0.2) is 53.2 Å². The Labute approximate surface area is 127 Å². The van der Waals surface area contributed by atoms with Crippen LogP contribution in [0.3, 0.4) is 0 Å². The summed E-state index contributed by atoms with van der Waals surface area (Å²) in [6, 6.07) is 1.74. The highest BCUT2D eigenvalue weighted by Gasteiger charge is 2.36. The summed E-state index contributed by atoms with van der Waals surface area (Å²) in [4.78, 5) is 15.2. The molecule has 5 nitrogen and oxygen atoms in total. The van der Waals surface area contributed by atoms with Gasteiger partial charge in [0.05, 0.1) is 18.7 Å². The Morgan fingerprint density at radius 3 is 2.91 bits per heavy atom. The monoisotopic (exact) mass is 319 g/mol. The Bertz CT molecular complexity index is 476. The van der Waals surface area contributed by atoms with Crippen LogP contribution >= 0.6 is 0 Å². The van der Waals surface area contributed by atoms with E-state index in [0.29, 0.717) is 25.3 Å². The molecular formula is C14H20F3N3O2. The number of likely N-dealkylation sites (tertiary alicyclic amines) is 1. The molecule has 0 saturated carbocycles. The summed E-state index contributed by atoms with van der Waals surface area (Å²) >= 11 is 0. The molecule has 1 aliphatic rings. The second-order valence-electron chi connectivity index (χ2n) is 5.52. The van der Waals surface area contributed by atoms with E-state index >= 15 is 0 Å². The van der Waals surface area contributed by atoms with Gasteiger partial charge in [0.1, 0.15) is 6.54 Å². The van der Waals surface area contributed by atoms with Crippen LogP contribution in [0.1, 0.15) is 25.5 Å². The van der Waals surface area contributed by atoms with E-state index in [1.165, 1.54) is 0 Å². The molecular weight excluding hydrogens is 299 g/mol. The van der Waals surface area contributed by atoms with Gasteiger partial charge in [0.2, 0.25) is 5.91 Å². The van der Waals surface area contributed by atoms with E-state index in [1.54, 1.807) is 19.2 Å². The zero-order valence-corrected chi connectivity index (χ0v) is 12.5. The van der Waals surface area contributed by atoms with Gasteiger partial charge in [-0.15, -0.1) is 0 Å². The van der Waals surface area contributed by atoms with Crippen molar-refractivity contribution in [3.63, 3.8) is 0 Å². The minimum absolute atomic E-state index is 0.0664. The molecule has 1 fully saturated rings. The van der Waals surface area contributed by atoms with Gasteiger partial charge < -0.3 is 9.42 Å². The van der Waals surface area contributed by atoms with Crippen LogP contribution in [0.15, 0.2) is 16.8 Å². The predicted octanol–water partition coefficient (Wildman–Crippen LogP) is 2.30. The van der Waals surface area contributed by atoms with Gasteiger partial charge in [0, 0.05) is 19.2 Å². The maximum absolute atomic E-state index is 12.5. The van der Waals surface area contributed by atoms with Crippen molar-refractivity contribution in [2.24, 2.45) is 5.92 Å². The van der Waals surface area contributed by atoms with Crippen LogP contribution in [0.2, 0.25) is 0 Å². The highest BCUT2D eigenvalue weighted by molar-refractivity contribution is 5.79. The second-order valence-corrected chi connectivity index (χ2v) is 5.52. The molecule has 0 N–H and O–H groups in total. The Morgan fingerprint density at radius 2 is 2.32 bits per heavy atom. The van der Waals surface area contributed by atoms with Crippen molar-refractivity contribution in [2.75, 3.05) is 26.2 Å². The lowest BCUT2D eigenvalue weighted by Gasteiger charge is -2.34. The lowest BCUT2D eigenvalue weighted by Crippen LogP contribution is -2.47. The van der Waals surface area contributed by atoms with Crippen LogP contribution in [-0.2, 0) is 11.3 Å². The molecule has 1 atom stereocenters. The van der Waals surface area contributed by atoms with E-state index in [9.17, 15) is 18.0 Å². The average molecular weight is 319 g/mol. The number of alkyl halides is 3. The van der Waals surface area contributed by atoms with Gasteiger partial charge >= 0.3 is 6.18 Å². The zero-order valence-electron chi connectivity index (χ0n) is 12.5. The van der Waals surface area contributed by atoms with E-state index in [1.807, 2.05) is 4.90 Å². The van der Waals surface area contributed by atoms with Crippen LogP contribution < -0.4 is 0 Å². The van der Waals surface area contributed by atoms with E-state index in [4.69, 9.17) is 4.52 Å². The first-order valence-corrected chi connectivity index (χ1v) is 7.36. The SMILES string of the molecule is CCN(CC(F)(F)F)C(=O)C1CCCN(Cc2ccno2)C1. The molecule has 0 aliphatic carbocycles. The first-order valence-electron chi connectivity index (χ1n) is 7.36. The number of aromatic nitrogens is 1. The number of hydrogen-bond acceptors (Lipinski definition) is 4. The van der Waals surface area contributed by atoms with Crippen molar-refractivity contribution in [2.45, 2.75) is 32.5 Å². The first kappa shape index (κ1) is 16.8. The summed E-state index contributed by atoms with van der Waals surface area (Å²) in [5, 5.41) is 3.62. The normalized spacial score (nSPS) is 20.1. The predicted molar refractivity (Wildman–Crippen MR) is 72.8 cm³/mol. The Kier molecular flexibility index (Phi) is 5.44. The standard InChI is InChI=1S/C14H20F3N3O2/c1-2-20(10-14(15,16)17)13(21)11-4-3-7-19(8-11)9-12-5-6-18-22-12/h5-6,11H,2-4,7-10H2,1H3. The Hall–Kier alpha value is -1.57. The molecule has 124 valence electrons. The van der Waals surface area contributed by atoms with E-state index in [-0.39, 0.29) is 12.5 Å². The number of nitrogens with zero attached hydrogens (tertiary/aromatic N) is 3. The summed E-state index contributed by atoms with van der Waals surface area (Å²) in [6.45, 7) is 2.23. The smallest absolute Gasteiger partial charge is 0.360 e. The van der Waals surface area contributed by atoms with Gasteiger partial charge in [-0.1, -0.05) is 5.16 Å². The number of piperidine rings is 1. The molecule has 22 heavy (non-hydrogen) atoms. The molecule has 1 aromatic heterocycles. The average Bonchev–Trinajstić information content (AvgIpc) is 2.96. The molecule has 2 heterocycles. The fraction of sp³-hybridized carbons (Fsp3) is 0.714. The molecule has 2 rings (SSSR count). The first-order chi connectivity index (χ1) is 10.4. The van der Waals surface area contributed by atoms with Gasteiger partial charge in [0.25, 0.3) is 0 Å². The van der Waals surface area contributed by atoms with Crippen molar-refractivity contribution in [3.05, 3.63) is 18.0 Å². The summed E-state index contributed by atoms with van der Waals surface area (Å²) in [5.74, 6) is -0.114. The number of hydrogen-bond donors (Lipinski definition) is 0. The molecule has 1 saturated heterocycles. The fourth-order valence-electron chi connectivity index (χ4n) is 2.76. The van der Waals surface area contributed by atoms with E-state index < -0.39 is 18.6 Å². The van der Waals surface area contributed by atoms with Gasteiger partial charge in [-0.3, -0.25) is 9.69 Å². The molecule has 1 unspecified atom stereocenters. The summed E-state index contributed by atoms with van der Waals surface area (Å²) in [5.41, 5.74) is 0. The number of halogens is 3. The number of carbonyl (C=O) groups excluding carboxylic acids is 1. The third kappa shape index (κ3) is 4.72. The Balaban J connectivity index is 1.94. The molecule has 0 radical (unpaired) electrons. The van der Waals surface area contributed by atoms with Crippen LogP contribution in [0.5, 0.6) is 0 Å². The number of rotatable bonds is 5. The molecule has 0 spiro atoms. The van der Waals surface area contributed by atoms with Crippen molar-refractivity contribution in [1.29, 1.82) is 0 Å². The molecule has 1 aromatic rings. The zero-order chi connectivity index (χ0) is 16.2. The minimum atomic E-state index is -4.36. The van der Waals surface area contributed by atoms with Crippen molar-refractivity contribution in [1.82, 2.24) is 15.0 Å². The quantitative estimate of drug-likeness (QED) is 0.835. The maximum Gasteiger partial charge on any atom is 0.406 e. The van der Waals surface area contributed by atoms with Crippen molar-refractivity contribution < 1.29 is 22.5 Å². The topological polar surface area (TPSA) is 49.6 Å². The van der Waals surface area contributed by atoms with Gasteiger partial charge in [0.15, 0.2) is 5.76 Å². The minimum Gasteiger partial charge on any atom is -0.360 e. The van der Waals surface area contributed by atoms with Gasteiger partial charge in [-0.25, -0.2) is 0 Å². The molecule has 8 heteroatoms. The van der Waals surface area contributed by atoms with E-state index in [0.717, 1.165) is 17.9 Å². The van der Waals surface area contributed by atoms with Crippen LogP contribution in [0.25, 0.3) is 0 Å². The second kappa shape index (κ2) is 7.13. The summed E-state index contributed by atoms with van der Waals surface area (Å²) in [6.07, 6.45) is -1.40. The van der Waals surface area contributed by atoms with Gasteiger partial charge in [-0.2, -0.15) is 13.2 Å². The summed E-state index contributed by atoms with van der Waals surface area (Å²) < 4.78 is 42.6. The maximum atomic E-state index is 12.5. The lowest BCUT2D eigenvalue weighted by atomic mass is 9.96. The Morgan fingerprint density at radius 1 is 1.55 bits per heavy atom. The molecule has 1 aliphatic heterocycles. The molecule has 0 aromatic carbocycles. The third-order valence-electron chi connectivity index (χ3n) is 3.79. The van der Waals surface area contributed by atoms with Crippen molar-refractivity contribution in [3.8, 4) is 0 Å². The van der Waals surface area contributed by atoms with Crippen LogP contribution in [0, 0.1) is 5.92 Å². The molecule has 1 amide bonds. The third-order valence-corrected chi connectivity index (χ3v) is 3.79. The highest BCUT2D eigenvalue weighted by Crippen LogP contribution is 2.23. The number of amides is 1. The largest absolute Gasteiger partial charge is 0.406 e.